The Morgan fingerprint density at radius 3 is 2.14 bits per heavy atom. The van der Waals surface area contributed by atoms with E-state index in [1.54, 1.807) is 12.1 Å². The van der Waals surface area contributed by atoms with Gasteiger partial charge in [-0.1, -0.05) is 45.8 Å². The van der Waals surface area contributed by atoms with Crippen LogP contribution in [0.4, 0.5) is 0 Å². The van der Waals surface area contributed by atoms with Crippen LogP contribution >= 0.6 is 15.9 Å². The summed E-state index contributed by atoms with van der Waals surface area (Å²) in [7, 11) is -3.38. The van der Waals surface area contributed by atoms with Gasteiger partial charge in [-0.15, -0.1) is 0 Å². The number of rotatable bonds is 3. The molecule has 3 rings (SSSR count). The van der Waals surface area contributed by atoms with Crippen LogP contribution in [0, 0.1) is 6.92 Å². The second-order valence-corrected chi connectivity index (χ2v) is 8.50. The van der Waals surface area contributed by atoms with E-state index < -0.39 is 15.1 Å². The lowest BCUT2D eigenvalue weighted by molar-refractivity contribution is 0.593. The van der Waals surface area contributed by atoms with Crippen LogP contribution in [0.3, 0.4) is 0 Å². The molecule has 2 aromatic rings. The van der Waals surface area contributed by atoms with Crippen molar-refractivity contribution in [1.82, 2.24) is 0 Å². The third-order valence-electron chi connectivity index (χ3n) is 3.97. The highest BCUT2D eigenvalue weighted by atomic mass is 79.9. The number of nitrogens with two attached hydrogens (primary N) is 1. The molecule has 0 heterocycles. The molecule has 3 atom stereocenters. The summed E-state index contributed by atoms with van der Waals surface area (Å²) in [4.78, 5) is 0.355. The average molecular weight is 366 g/mol. The van der Waals surface area contributed by atoms with Gasteiger partial charge >= 0.3 is 0 Å². The summed E-state index contributed by atoms with van der Waals surface area (Å²) >= 11 is 3.38. The molecule has 0 saturated heterocycles. The quantitative estimate of drug-likeness (QED) is 0.909. The molecule has 21 heavy (non-hydrogen) atoms. The lowest BCUT2D eigenvalue weighted by Gasteiger charge is -2.04. The van der Waals surface area contributed by atoms with Crippen LogP contribution in [0.1, 0.15) is 17.0 Å². The number of hydrogen-bond donors (Lipinski definition) is 1. The zero-order valence-electron chi connectivity index (χ0n) is 11.5. The summed E-state index contributed by atoms with van der Waals surface area (Å²) in [5, 5.41) is -0.526. The fraction of sp³-hybridized carbons (Fsp3) is 0.250. The van der Waals surface area contributed by atoms with Gasteiger partial charge < -0.3 is 5.73 Å². The number of halogens is 1. The SMILES string of the molecule is Cc1ccc(S(=O)(=O)[C@@H]2[C@H](N)[C@H]2c2ccc(Br)cc2)cc1. The maximum atomic E-state index is 12.7. The monoisotopic (exact) mass is 365 g/mol. The van der Waals surface area contributed by atoms with Gasteiger partial charge in [0.15, 0.2) is 9.84 Å². The maximum Gasteiger partial charge on any atom is 0.183 e. The molecular formula is C16H16BrNO2S. The molecule has 0 bridgehead atoms. The van der Waals surface area contributed by atoms with E-state index in [1.807, 2.05) is 43.3 Å². The van der Waals surface area contributed by atoms with Crippen molar-refractivity contribution in [3.8, 4) is 0 Å². The van der Waals surface area contributed by atoms with E-state index in [2.05, 4.69) is 15.9 Å². The zero-order valence-corrected chi connectivity index (χ0v) is 13.9. The summed E-state index contributed by atoms with van der Waals surface area (Å²) in [5.74, 6) is -0.121. The van der Waals surface area contributed by atoms with Crippen molar-refractivity contribution in [2.75, 3.05) is 0 Å². The Hall–Kier alpha value is -1.17. The molecule has 0 unspecified atom stereocenters. The second kappa shape index (κ2) is 5.23. The van der Waals surface area contributed by atoms with Crippen LogP contribution in [0.2, 0.25) is 0 Å². The van der Waals surface area contributed by atoms with Crippen molar-refractivity contribution in [3.05, 3.63) is 64.1 Å². The minimum atomic E-state index is -3.38. The van der Waals surface area contributed by atoms with E-state index in [0.29, 0.717) is 4.90 Å². The molecule has 0 spiro atoms. The standard InChI is InChI=1S/C16H16BrNO2S/c1-10-2-8-13(9-3-10)21(19,20)16-14(15(16)18)11-4-6-12(17)7-5-11/h2-9,14-16H,18H2,1H3/t14-,15-,16+/m1/s1. The zero-order chi connectivity index (χ0) is 15.2. The highest BCUT2D eigenvalue weighted by molar-refractivity contribution is 9.10. The van der Waals surface area contributed by atoms with Gasteiger partial charge in [0.25, 0.3) is 0 Å². The molecule has 0 amide bonds. The highest BCUT2D eigenvalue weighted by Crippen LogP contribution is 2.47. The highest BCUT2D eigenvalue weighted by Gasteiger charge is 2.57. The largest absolute Gasteiger partial charge is 0.326 e. The van der Waals surface area contributed by atoms with Crippen LogP contribution in [-0.2, 0) is 9.84 Å². The van der Waals surface area contributed by atoms with Gasteiger partial charge in [-0.05, 0) is 36.8 Å². The van der Waals surface area contributed by atoms with E-state index in [-0.39, 0.29) is 12.0 Å². The molecule has 110 valence electrons. The minimum absolute atomic E-state index is 0.121. The van der Waals surface area contributed by atoms with Crippen LogP contribution in [0.5, 0.6) is 0 Å². The van der Waals surface area contributed by atoms with Crippen molar-refractivity contribution in [2.45, 2.75) is 29.0 Å². The first-order chi connectivity index (χ1) is 9.91. The van der Waals surface area contributed by atoms with Crippen LogP contribution in [0.15, 0.2) is 57.9 Å². The molecule has 0 radical (unpaired) electrons. The Bertz CT molecular complexity index is 754. The summed E-state index contributed by atoms with van der Waals surface area (Å²) in [5.41, 5.74) is 8.06. The lowest BCUT2D eigenvalue weighted by atomic mass is 10.1. The number of benzene rings is 2. The molecule has 3 nitrogen and oxygen atoms in total. The molecule has 5 heteroatoms. The van der Waals surface area contributed by atoms with Crippen molar-refractivity contribution in [2.24, 2.45) is 5.73 Å². The van der Waals surface area contributed by atoms with E-state index in [4.69, 9.17) is 5.73 Å². The van der Waals surface area contributed by atoms with Crippen molar-refractivity contribution in [1.29, 1.82) is 0 Å². The Morgan fingerprint density at radius 1 is 1.00 bits per heavy atom. The molecule has 1 saturated carbocycles. The average Bonchev–Trinajstić information content (AvgIpc) is 3.12. The van der Waals surface area contributed by atoms with Crippen molar-refractivity contribution in [3.63, 3.8) is 0 Å². The van der Waals surface area contributed by atoms with Gasteiger partial charge in [0.1, 0.15) is 0 Å². The normalized spacial score (nSPS) is 24.8. The second-order valence-electron chi connectivity index (χ2n) is 5.48. The fourth-order valence-electron chi connectivity index (χ4n) is 2.69. The summed E-state index contributed by atoms with van der Waals surface area (Å²) in [6.07, 6.45) is 0. The van der Waals surface area contributed by atoms with Gasteiger partial charge in [-0.2, -0.15) is 0 Å². The van der Waals surface area contributed by atoms with Gasteiger partial charge in [0, 0.05) is 16.4 Å². The Labute approximate surface area is 133 Å². The fourth-order valence-corrected chi connectivity index (χ4v) is 5.00. The molecule has 0 aliphatic heterocycles. The van der Waals surface area contributed by atoms with Gasteiger partial charge in [-0.3, -0.25) is 0 Å². The van der Waals surface area contributed by atoms with E-state index >= 15 is 0 Å². The minimum Gasteiger partial charge on any atom is -0.326 e. The first-order valence-electron chi connectivity index (χ1n) is 6.73. The van der Waals surface area contributed by atoms with Crippen LogP contribution in [-0.4, -0.2) is 19.7 Å². The summed E-state index contributed by atoms with van der Waals surface area (Å²) in [6, 6.07) is 14.3. The summed E-state index contributed by atoms with van der Waals surface area (Å²) < 4.78 is 26.3. The molecule has 2 aromatic carbocycles. The third-order valence-corrected chi connectivity index (χ3v) is 6.75. The van der Waals surface area contributed by atoms with E-state index in [0.717, 1.165) is 15.6 Å². The van der Waals surface area contributed by atoms with Crippen molar-refractivity contribution < 1.29 is 8.42 Å². The van der Waals surface area contributed by atoms with E-state index in [1.165, 1.54) is 0 Å². The Balaban J connectivity index is 1.91. The Morgan fingerprint density at radius 2 is 1.57 bits per heavy atom. The van der Waals surface area contributed by atoms with Crippen LogP contribution in [0.25, 0.3) is 0 Å². The number of aryl methyl sites for hydroxylation is 1. The first-order valence-corrected chi connectivity index (χ1v) is 9.07. The van der Waals surface area contributed by atoms with Gasteiger partial charge in [0.2, 0.25) is 0 Å². The molecule has 0 aromatic heterocycles. The predicted octanol–water partition coefficient (Wildman–Crippen LogP) is 3.02. The smallest absolute Gasteiger partial charge is 0.183 e. The topological polar surface area (TPSA) is 60.2 Å². The molecule has 1 aliphatic rings. The van der Waals surface area contributed by atoms with Gasteiger partial charge in [-0.25, -0.2) is 8.42 Å². The lowest BCUT2D eigenvalue weighted by Crippen LogP contribution is -2.15. The Kier molecular flexibility index (Phi) is 3.67. The molecular weight excluding hydrogens is 350 g/mol. The predicted molar refractivity (Wildman–Crippen MR) is 87.0 cm³/mol. The molecule has 1 fully saturated rings. The third kappa shape index (κ3) is 2.65. The van der Waals surface area contributed by atoms with E-state index in [9.17, 15) is 8.42 Å². The first kappa shape index (κ1) is 14.8. The molecule has 1 aliphatic carbocycles. The number of hydrogen-bond acceptors (Lipinski definition) is 3. The maximum absolute atomic E-state index is 12.7. The summed E-state index contributed by atoms with van der Waals surface area (Å²) in [6.45, 7) is 1.93. The van der Waals surface area contributed by atoms with Gasteiger partial charge in [0.05, 0.1) is 10.1 Å². The van der Waals surface area contributed by atoms with Crippen molar-refractivity contribution >= 4 is 25.8 Å². The van der Waals surface area contributed by atoms with Crippen LogP contribution < -0.4 is 5.73 Å². The molecule has 2 N–H and O–H groups in total. The number of sulfone groups is 1.